The Morgan fingerprint density at radius 3 is 1.27 bits per heavy atom. The number of hydrogen-bond acceptors (Lipinski definition) is 2. The monoisotopic (exact) mass is 422 g/mol. The van der Waals surface area contributed by atoms with Gasteiger partial charge in [-0.15, -0.1) is 0 Å². The van der Waals surface area contributed by atoms with Crippen molar-refractivity contribution < 1.29 is 9.53 Å². The van der Waals surface area contributed by atoms with Crippen molar-refractivity contribution in [1.82, 2.24) is 0 Å². The minimum atomic E-state index is -0.169. The summed E-state index contributed by atoms with van der Waals surface area (Å²) < 4.78 is 5.39. The minimum absolute atomic E-state index is 0.169. The van der Waals surface area contributed by atoms with E-state index in [1.165, 1.54) is 122 Å². The molecule has 0 saturated carbocycles. The molecule has 0 rings (SSSR count). The number of unbranched alkanes of at least 4 members (excludes halogenated alkanes) is 19. The fraction of sp³-hybridized carbons (Fsp3) is 0.893. The van der Waals surface area contributed by atoms with Gasteiger partial charge in [0.15, 0.2) is 0 Å². The number of carbonyl (C=O) groups excluding carboxylic acids is 1. The first-order chi connectivity index (χ1) is 14.7. The lowest BCUT2D eigenvalue weighted by Gasteiger charge is -2.07. The summed E-state index contributed by atoms with van der Waals surface area (Å²) >= 11 is 0. The maximum absolute atomic E-state index is 12.0. The molecule has 0 heterocycles. The number of carbonyl (C=O) groups is 1. The highest BCUT2D eigenvalue weighted by Crippen LogP contribution is 2.14. The molecule has 0 N–H and O–H groups in total. The van der Waals surface area contributed by atoms with Crippen molar-refractivity contribution in [1.29, 1.82) is 0 Å². The summed E-state index contributed by atoms with van der Waals surface area (Å²) in [5, 5.41) is 0. The zero-order valence-electron chi connectivity index (χ0n) is 20.8. The van der Waals surface area contributed by atoms with E-state index in [4.69, 9.17) is 4.74 Å². The molecule has 0 radical (unpaired) electrons. The predicted octanol–water partition coefficient (Wildman–Crippen LogP) is 9.71. The zero-order valence-corrected chi connectivity index (χ0v) is 20.8. The van der Waals surface area contributed by atoms with Gasteiger partial charge in [0.2, 0.25) is 0 Å². The standard InChI is InChI=1S/C28H54O2/c1-4-6-8-10-12-14-16-18-20-22-24-26-30-28(29)27(3)25-23-21-19-17-15-13-11-9-7-5-2/h3-26H2,1-2H3. The van der Waals surface area contributed by atoms with Crippen molar-refractivity contribution >= 4 is 5.97 Å². The average molecular weight is 423 g/mol. The van der Waals surface area contributed by atoms with E-state index in [1.807, 2.05) is 0 Å². The minimum Gasteiger partial charge on any atom is -0.462 e. The highest BCUT2D eigenvalue weighted by atomic mass is 16.5. The molecule has 0 aromatic carbocycles. The van der Waals surface area contributed by atoms with Gasteiger partial charge in [0.1, 0.15) is 0 Å². The maximum Gasteiger partial charge on any atom is 0.333 e. The Balaban J connectivity index is 3.31. The Labute approximate surface area is 189 Å². The number of rotatable bonds is 24. The largest absolute Gasteiger partial charge is 0.462 e. The summed E-state index contributed by atoms with van der Waals surface area (Å²) in [5.41, 5.74) is 0.664. The quantitative estimate of drug-likeness (QED) is 0.0878. The van der Waals surface area contributed by atoms with E-state index in [0.717, 1.165) is 19.3 Å². The molecule has 0 atom stereocenters. The zero-order chi connectivity index (χ0) is 22.1. The van der Waals surface area contributed by atoms with Crippen LogP contribution in [0.4, 0.5) is 0 Å². The van der Waals surface area contributed by atoms with E-state index >= 15 is 0 Å². The molecule has 0 unspecified atom stereocenters. The first kappa shape index (κ1) is 29.2. The van der Waals surface area contributed by atoms with Crippen molar-refractivity contribution in [2.75, 3.05) is 6.61 Å². The van der Waals surface area contributed by atoms with Gasteiger partial charge in [-0.2, -0.15) is 0 Å². The van der Waals surface area contributed by atoms with Crippen molar-refractivity contribution in [3.05, 3.63) is 12.2 Å². The normalized spacial score (nSPS) is 11.0. The summed E-state index contributed by atoms with van der Waals surface area (Å²) in [5.74, 6) is -0.169. The molecule has 0 spiro atoms. The van der Waals surface area contributed by atoms with Crippen LogP contribution >= 0.6 is 0 Å². The van der Waals surface area contributed by atoms with Crippen LogP contribution in [0.3, 0.4) is 0 Å². The van der Waals surface area contributed by atoms with E-state index in [2.05, 4.69) is 20.4 Å². The van der Waals surface area contributed by atoms with Crippen LogP contribution in [0.15, 0.2) is 12.2 Å². The molecule has 0 fully saturated rings. The fourth-order valence-corrected chi connectivity index (χ4v) is 3.96. The molecule has 0 saturated heterocycles. The molecule has 0 aliphatic rings. The first-order valence-corrected chi connectivity index (χ1v) is 13.6. The lowest BCUT2D eigenvalue weighted by atomic mass is 10.0. The van der Waals surface area contributed by atoms with Crippen molar-refractivity contribution in [2.24, 2.45) is 0 Å². The van der Waals surface area contributed by atoms with Crippen LogP contribution in [0.25, 0.3) is 0 Å². The molecule has 0 amide bonds. The second-order valence-electron chi connectivity index (χ2n) is 9.21. The lowest BCUT2D eigenvalue weighted by molar-refractivity contribution is -0.139. The van der Waals surface area contributed by atoms with Gasteiger partial charge < -0.3 is 4.74 Å². The van der Waals surface area contributed by atoms with Gasteiger partial charge in [0.05, 0.1) is 6.61 Å². The smallest absolute Gasteiger partial charge is 0.333 e. The molecule has 0 aromatic rings. The van der Waals surface area contributed by atoms with Gasteiger partial charge in [0, 0.05) is 5.57 Å². The van der Waals surface area contributed by atoms with E-state index in [0.29, 0.717) is 12.2 Å². The molecule has 0 aliphatic carbocycles. The lowest BCUT2D eigenvalue weighted by Crippen LogP contribution is -2.08. The van der Waals surface area contributed by atoms with Crippen LogP contribution in [0, 0.1) is 0 Å². The number of hydrogen-bond donors (Lipinski definition) is 0. The molecule has 0 aromatic heterocycles. The summed E-state index contributed by atoms with van der Waals surface area (Å²) in [6.45, 7) is 9.03. The Morgan fingerprint density at radius 2 is 0.867 bits per heavy atom. The topological polar surface area (TPSA) is 26.3 Å². The average Bonchev–Trinajstić information content (AvgIpc) is 2.75. The van der Waals surface area contributed by atoms with Gasteiger partial charge in [-0.25, -0.2) is 4.79 Å². The van der Waals surface area contributed by atoms with Gasteiger partial charge in [-0.1, -0.05) is 142 Å². The summed E-state index contributed by atoms with van der Waals surface area (Å²) in [4.78, 5) is 12.0. The van der Waals surface area contributed by atoms with Gasteiger partial charge in [0.25, 0.3) is 0 Å². The van der Waals surface area contributed by atoms with Crippen LogP contribution in [-0.4, -0.2) is 12.6 Å². The summed E-state index contributed by atoms with van der Waals surface area (Å²) in [7, 11) is 0. The molecular weight excluding hydrogens is 368 g/mol. The van der Waals surface area contributed by atoms with Crippen LogP contribution in [0.5, 0.6) is 0 Å². The first-order valence-electron chi connectivity index (χ1n) is 13.6. The van der Waals surface area contributed by atoms with Crippen LogP contribution < -0.4 is 0 Å². The van der Waals surface area contributed by atoms with Crippen LogP contribution in [0.2, 0.25) is 0 Å². The Bertz CT molecular complexity index is 375. The second-order valence-corrected chi connectivity index (χ2v) is 9.21. The maximum atomic E-state index is 12.0. The number of ether oxygens (including phenoxy) is 1. The van der Waals surface area contributed by atoms with Gasteiger partial charge in [-0.3, -0.25) is 0 Å². The Kier molecular flexibility index (Phi) is 23.8. The fourth-order valence-electron chi connectivity index (χ4n) is 3.96. The molecule has 178 valence electrons. The molecule has 30 heavy (non-hydrogen) atoms. The molecule has 0 bridgehead atoms. The Morgan fingerprint density at radius 1 is 0.533 bits per heavy atom. The highest BCUT2D eigenvalue weighted by molar-refractivity contribution is 5.87. The third-order valence-electron chi connectivity index (χ3n) is 6.10. The third kappa shape index (κ3) is 21.9. The molecule has 2 heteroatoms. The van der Waals surface area contributed by atoms with Crippen molar-refractivity contribution in [3.8, 4) is 0 Å². The van der Waals surface area contributed by atoms with Crippen LogP contribution in [-0.2, 0) is 9.53 Å². The van der Waals surface area contributed by atoms with Crippen molar-refractivity contribution in [3.63, 3.8) is 0 Å². The van der Waals surface area contributed by atoms with Gasteiger partial charge >= 0.3 is 5.97 Å². The SMILES string of the molecule is C=C(CCCCCCCCCCCC)C(=O)OCCCCCCCCCCCCC. The highest BCUT2D eigenvalue weighted by Gasteiger charge is 2.07. The van der Waals surface area contributed by atoms with E-state index < -0.39 is 0 Å². The molecular formula is C28H54O2. The summed E-state index contributed by atoms with van der Waals surface area (Å²) in [6.07, 6.45) is 28.4. The number of esters is 1. The Hall–Kier alpha value is -0.790. The molecule has 2 nitrogen and oxygen atoms in total. The second kappa shape index (κ2) is 24.5. The van der Waals surface area contributed by atoms with E-state index in [9.17, 15) is 4.79 Å². The predicted molar refractivity (Wildman–Crippen MR) is 133 cm³/mol. The summed E-state index contributed by atoms with van der Waals surface area (Å²) in [6, 6.07) is 0. The van der Waals surface area contributed by atoms with Crippen LogP contribution in [0.1, 0.15) is 155 Å². The van der Waals surface area contributed by atoms with Gasteiger partial charge in [-0.05, 0) is 19.3 Å². The third-order valence-corrected chi connectivity index (χ3v) is 6.10. The molecule has 0 aliphatic heterocycles. The van der Waals surface area contributed by atoms with E-state index in [1.54, 1.807) is 0 Å². The van der Waals surface area contributed by atoms with Crippen molar-refractivity contribution in [2.45, 2.75) is 155 Å². The van der Waals surface area contributed by atoms with E-state index in [-0.39, 0.29) is 5.97 Å².